The van der Waals surface area contributed by atoms with Gasteiger partial charge < -0.3 is 9.73 Å². The van der Waals surface area contributed by atoms with Crippen LogP contribution in [0.25, 0.3) is 0 Å². The van der Waals surface area contributed by atoms with Gasteiger partial charge in [0.25, 0.3) is 0 Å². The second kappa shape index (κ2) is 3.53. The Morgan fingerprint density at radius 3 is 2.93 bits per heavy atom. The molecule has 0 radical (unpaired) electrons. The zero-order valence-electron chi connectivity index (χ0n) is 8.41. The molecule has 1 N–H and O–H groups in total. The number of ketones is 1. The summed E-state index contributed by atoms with van der Waals surface area (Å²) in [4.78, 5) is 15.4. The number of oxazole rings is 1. The maximum absolute atomic E-state index is 11.4. The highest BCUT2D eigenvalue weighted by atomic mass is 16.4. The van der Waals surface area contributed by atoms with Crippen LogP contribution in [0.4, 0.5) is 0 Å². The van der Waals surface area contributed by atoms with Gasteiger partial charge in [-0.05, 0) is 6.92 Å². The maximum atomic E-state index is 11.4. The number of hydrogen-bond acceptors (Lipinski definition) is 4. The number of Topliss-reactive ketones (excluding diaryl/α,β-unsaturated/α-hetero) is 1. The van der Waals surface area contributed by atoms with Crippen LogP contribution in [0, 0.1) is 6.92 Å². The molecule has 2 heterocycles. The summed E-state index contributed by atoms with van der Waals surface area (Å²) in [6, 6.07) is 0.235. The van der Waals surface area contributed by atoms with Gasteiger partial charge in [0.05, 0.1) is 12.2 Å². The molecule has 14 heavy (non-hydrogen) atoms. The molecule has 76 valence electrons. The van der Waals surface area contributed by atoms with Crippen molar-refractivity contribution in [1.29, 1.82) is 0 Å². The lowest BCUT2D eigenvalue weighted by atomic mass is 9.97. The maximum Gasteiger partial charge on any atom is 0.191 e. The molecule has 0 bridgehead atoms. The number of hydrogen-bond donors (Lipinski definition) is 1. The smallest absolute Gasteiger partial charge is 0.191 e. The number of aryl methyl sites for hydroxylation is 1. The van der Waals surface area contributed by atoms with Crippen LogP contribution in [-0.4, -0.2) is 16.8 Å². The van der Waals surface area contributed by atoms with E-state index in [0.29, 0.717) is 18.7 Å². The van der Waals surface area contributed by atoms with Crippen molar-refractivity contribution in [2.24, 2.45) is 0 Å². The van der Waals surface area contributed by atoms with Gasteiger partial charge in [-0.25, -0.2) is 4.98 Å². The number of carbonyl (C=O) groups is 1. The molecular weight excluding hydrogens is 180 g/mol. The summed E-state index contributed by atoms with van der Waals surface area (Å²) >= 11 is 0. The van der Waals surface area contributed by atoms with E-state index in [1.54, 1.807) is 13.1 Å². The number of rotatable bonds is 1. The minimum atomic E-state index is 0.00690. The van der Waals surface area contributed by atoms with Gasteiger partial charge in [-0.3, -0.25) is 4.79 Å². The Labute approximate surface area is 82.7 Å². The quantitative estimate of drug-likeness (QED) is 0.733. The fraction of sp³-hybridized carbons (Fsp3) is 0.600. The minimum Gasteiger partial charge on any atom is -0.444 e. The van der Waals surface area contributed by atoms with Crippen molar-refractivity contribution in [3.8, 4) is 0 Å². The van der Waals surface area contributed by atoms with Crippen LogP contribution in [0.1, 0.15) is 37.5 Å². The highest BCUT2D eigenvalue weighted by Gasteiger charge is 2.27. The highest BCUT2D eigenvalue weighted by molar-refractivity contribution is 5.80. The summed E-state index contributed by atoms with van der Waals surface area (Å²) in [6.45, 7) is 3.81. The zero-order valence-corrected chi connectivity index (χ0v) is 8.41. The normalized spacial score (nSPS) is 28.0. The van der Waals surface area contributed by atoms with Crippen LogP contribution in [0.2, 0.25) is 0 Å². The molecule has 1 aliphatic rings. The van der Waals surface area contributed by atoms with Gasteiger partial charge in [0, 0.05) is 25.8 Å². The molecule has 0 aliphatic carbocycles. The molecule has 2 atom stereocenters. The Hall–Kier alpha value is -1.16. The largest absolute Gasteiger partial charge is 0.444 e. The molecule has 0 aromatic carbocycles. The molecule has 0 spiro atoms. The summed E-state index contributed by atoms with van der Waals surface area (Å²) in [5, 5.41) is 3.32. The first-order chi connectivity index (χ1) is 6.65. The predicted molar refractivity (Wildman–Crippen MR) is 50.8 cm³/mol. The van der Waals surface area contributed by atoms with Crippen LogP contribution < -0.4 is 5.32 Å². The molecule has 1 aromatic heterocycles. The second-order valence-corrected chi connectivity index (χ2v) is 3.85. The summed E-state index contributed by atoms with van der Waals surface area (Å²) < 4.78 is 5.39. The molecule has 4 heteroatoms. The van der Waals surface area contributed by atoms with Crippen LogP contribution in [0.15, 0.2) is 10.6 Å². The van der Waals surface area contributed by atoms with E-state index in [2.05, 4.69) is 10.3 Å². The number of aromatic nitrogens is 1. The predicted octanol–water partition coefficient (Wildman–Crippen LogP) is 1.37. The van der Waals surface area contributed by atoms with Gasteiger partial charge in [0.15, 0.2) is 5.89 Å². The molecule has 1 fully saturated rings. The summed E-state index contributed by atoms with van der Waals surface area (Å²) in [7, 11) is 0. The molecule has 1 aromatic rings. The SMILES string of the molecule is Cc1ncc(C2CC(=O)CC(C)N2)o1. The van der Waals surface area contributed by atoms with Crippen LogP contribution in [0.5, 0.6) is 0 Å². The van der Waals surface area contributed by atoms with Crippen LogP contribution >= 0.6 is 0 Å². The van der Waals surface area contributed by atoms with E-state index in [0.717, 1.165) is 5.76 Å². The monoisotopic (exact) mass is 194 g/mol. The van der Waals surface area contributed by atoms with Crippen molar-refractivity contribution in [2.45, 2.75) is 38.8 Å². The van der Waals surface area contributed by atoms with E-state index >= 15 is 0 Å². The van der Waals surface area contributed by atoms with Gasteiger partial charge in [-0.15, -0.1) is 0 Å². The Kier molecular flexibility index (Phi) is 2.37. The Morgan fingerprint density at radius 2 is 2.36 bits per heavy atom. The fourth-order valence-corrected chi connectivity index (χ4v) is 1.84. The second-order valence-electron chi connectivity index (χ2n) is 3.85. The third-order valence-corrected chi connectivity index (χ3v) is 2.43. The highest BCUT2D eigenvalue weighted by Crippen LogP contribution is 2.23. The van der Waals surface area contributed by atoms with E-state index < -0.39 is 0 Å². The molecule has 4 nitrogen and oxygen atoms in total. The molecule has 0 saturated carbocycles. The van der Waals surface area contributed by atoms with Crippen molar-refractivity contribution in [1.82, 2.24) is 10.3 Å². The average Bonchev–Trinajstić information content (AvgIpc) is 2.50. The third kappa shape index (κ3) is 1.85. The Morgan fingerprint density at radius 1 is 1.57 bits per heavy atom. The molecule has 1 aliphatic heterocycles. The number of nitrogens with zero attached hydrogens (tertiary/aromatic N) is 1. The molecule has 0 amide bonds. The standard InChI is InChI=1S/C10H14N2O2/c1-6-3-8(13)4-9(12-6)10-5-11-7(2)14-10/h5-6,9,12H,3-4H2,1-2H3. The molecule has 2 unspecified atom stereocenters. The lowest BCUT2D eigenvalue weighted by Gasteiger charge is -2.25. The Bertz CT molecular complexity index is 346. The van der Waals surface area contributed by atoms with Crippen molar-refractivity contribution >= 4 is 5.78 Å². The summed E-state index contributed by atoms with van der Waals surface area (Å²) in [6.07, 6.45) is 2.82. The van der Waals surface area contributed by atoms with Crippen molar-refractivity contribution in [3.63, 3.8) is 0 Å². The minimum absolute atomic E-state index is 0.00690. The zero-order chi connectivity index (χ0) is 10.1. The number of piperidine rings is 1. The fourth-order valence-electron chi connectivity index (χ4n) is 1.84. The van der Waals surface area contributed by atoms with Crippen molar-refractivity contribution < 1.29 is 9.21 Å². The van der Waals surface area contributed by atoms with E-state index in [9.17, 15) is 4.79 Å². The average molecular weight is 194 g/mol. The third-order valence-electron chi connectivity index (χ3n) is 2.43. The number of carbonyl (C=O) groups excluding carboxylic acids is 1. The topological polar surface area (TPSA) is 55.1 Å². The first kappa shape index (κ1) is 9.40. The molecule has 2 rings (SSSR count). The van der Waals surface area contributed by atoms with Crippen LogP contribution in [-0.2, 0) is 4.79 Å². The Balaban J connectivity index is 2.14. The lowest BCUT2D eigenvalue weighted by molar-refractivity contribution is -0.121. The van der Waals surface area contributed by atoms with E-state index in [4.69, 9.17) is 4.42 Å². The van der Waals surface area contributed by atoms with Gasteiger partial charge in [-0.2, -0.15) is 0 Å². The molecular formula is C10H14N2O2. The first-order valence-electron chi connectivity index (χ1n) is 4.85. The first-order valence-corrected chi connectivity index (χ1v) is 4.85. The van der Waals surface area contributed by atoms with Crippen LogP contribution in [0.3, 0.4) is 0 Å². The van der Waals surface area contributed by atoms with E-state index in [1.165, 1.54) is 0 Å². The summed E-state index contributed by atoms with van der Waals surface area (Å²) in [5.41, 5.74) is 0. The van der Waals surface area contributed by atoms with Gasteiger partial charge in [0.2, 0.25) is 0 Å². The van der Waals surface area contributed by atoms with Crippen molar-refractivity contribution in [3.05, 3.63) is 17.8 Å². The van der Waals surface area contributed by atoms with Gasteiger partial charge in [0.1, 0.15) is 11.5 Å². The van der Waals surface area contributed by atoms with Crippen molar-refractivity contribution in [2.75, 3.05) is 0 Å². The lowest BCUT2D eigenvalue weighted by Crippen LogP contribution is -2.38. The number of nitrogens with one attached hydrogen (secondary N) is 1. The van der Waals surface area contributed by atoms with E-state index in [-0.39, 0.29) is 17.9 Å². The molecule has 1 saturated heterocycles. The van der Waals surface area contributed by atoms with Gasteiger partial charge in [-0.1, -0.05) is 0 Å². The van der Waals surface area contributed by atoms with Gasteiger partial charge >= 0.3 is 0 Å². The van der Waals surface area contributed by atoms with E-state index in [1.807, 2.05) is 6.92 Å². The summed E-state index contributed by atoms with van der Waals surface area (Å²) in [5.74, 6) is 1.70.